The molecule has 7 heteroatoms. The van der Waals surface area contributed by atoms with E-state index >= 15 is 0 Å². The van der Waals surface area contributed by atoms with Crippen molar-refractivity contribution in [1.82, 2.24) is 20.2 Å². The monoisotopic (exact) mass is 252 g/mol. The third kappa shape index (κ3) is 3.41. The SMILES string of the molecule is CC(N)(C#N)CCCSc1nnnn1C1CC1. The molecule has 1 aliphatic rings. The molecule has 1 atom stereocenters. The van der Waals surface area contributed by atoms with Gasteiger partial charge in [0.05, 0.1) is 12.1 Å². The molecule has 0 spiro atoms. The standard InChI is InChI=1S/C10H16N6S/c1-10(12,7-11)5-2-6-17-9-13-14-15-16(9)8-3-4-8/h8H,2-6,12H2,1H3. The van der Waals surface area contributed by atoms with Gasteiger partial charge < -0.3 is 5.73 Å². The van der Waals surface area contributed by atoms with Crippen LogP contribution >= 0.6 is 11.8 Å². The number of nitriles is 1. The lowest BCUT2D eigenvalue weighted by molar-refractivity contribution is 0.539. The first kappa shape index (κ1) is 12.3. The zero-order valence-corrected chi connectivity index (χ0v) is 10.7. The van der Waals surface area contributed by atoms with E-state index in [-0.39, 0.29) is 0 Å². The molecule has 1 aromatic rings. The van der Waals surface area contributed by atoms with Crippen LogP contribution < -0.4 is 5.73 Å². The minimum absolute atomic E-state index is 0.506. The van der Waals surface area contributed by atoms with E-state index < -0.39 is 5.54 Å². The molecule has 6 nitrogen and oxygen atoms in total. The van der Waals surface area contributed by atoms with Crippen molar-refractivity contribution in [3.05, 3.63) is 0 Å². The van der Waals surface area contributed by atoms with Gasteiger partial charge in [-0.05, 0) is 43.0 Å². The highest BCUT2D eigenvalue weighted by Crippen LogP contribution is 2.36. The van der Waals surface area contributed by atoms with Gasteiger partial charge in [-0.25, -0.2) is 4.68 Å². The summed E-state index contributed by atoms with van der Waals surface area (Å²) >= 11 is 1.64. The van der Waals surface area contributed by atoms with Gasteiger partial charge in [-0.2, -0.15) is 5.26 Å². The maximum Gasteiger partial charge on any atom is 0.209 e. The Morgan fingerprint density at radius 1 is 1.65 bits per heavy atom. The summed E-state index contributed by atoms with van der Waals surface area (Å²) in [6.07, 6.45) is 3.94. The number of aromatic nitrogens is 4. The second kappa shape index (κ2) is 5.02. The molecule has 2 N–H and O–H groups in total. The third-order valence-corrected chi connectivity index (χ3v) is 3.70. The molecule has 92 valence electrons. The summed E-state index contributed by atoms with van der Waals surface area (Å²) in [6, 6.07) is 2.60. The van der Waals surface area contributed by atoms with E-state index in [1.807, 2.05) is 4.68 Å². The van der Waals surface area contributed by atoms with Crippen molar-refractivity contribution in [2.75, 3.05) is 5.75 Å². The third-order valence-electron chi connectivity index (χ3n) is 2.68. The highest BCUT2D eigenvalue weighted by Gasteiger charge is 2.27. The van der Waals surface area contributed by atoms with E-state index in [2.05, 4.69) is 21.6 Å². The molecule has 0 amide bonds. The van der Waals surface area contributed by atoms with Gasteiger partial charge in [0.1, 0.15) is 5.54 Å². The topological polar surface area (TPSA) is 93.4 Å². The van der Waals surface area contributed by atoms with Crippen molar-refractivity contribution >= 4 is 11.8 Å². The lowest BCUT2D eigenvalue weighted by atomic mass is 10.0. The van der Waals surface area contributed by atoms with Crippen molar-refractivity contribution < 1.29 is 0 Å². The van der Waals surface area contributed by atoms with Gasteiger partial charge in [0, 0.05) is 5.75 Å². The smallest absolute Gasteiger partial charge is 0.209 e. The lowest BCUT2D eigenvalue weighted by Crippen LogP contribution is -2.33. The van der Waals surface area contributed by atoms with Crippen molar-refractivity contribution in [2.45, 2.75) is 49.3 Å². The summed E-state index contributed by atoms with van der Waals surface area (Å²) in [5, 5.41) is 21.3. The summed E-state index contributed by atoms with van der Waals surface area (Å²) in [6.45, 7) is 1.76. The summed E-state index contributed by atoms with van der Waals surface area (Å²) in [5.41, 5.74) is 5.03. The molecule has 1 aromatic heterocycles. The average molecular weight is 252 g/mol. The van der Waals surface area contributed by atoms with Crippen molar-refractivity contribution in [2.24, 2.45) is 5.73 Å². The van der Waals surface area contributed by atoms with Gasteiger partial charge in [-0.15, -0.1) is 5.10 Å². The number of hydrogen-bond acceptors (Lipinski definition) is 6. The van der Waals surface area contributed by atoms with Crippen LogP contribution in [0.4, 0.5) is 0 Å². The van der Waals surface area contributed by atoms with Crippen LogP contribution in [-0.4, -0.2) is 31.5 Å². The number of nitrogens with zero attached hydrogens (tertiary/aromatic N) is 5. The van der Waals surface area contributed by atoms with Crippen LogP contribution in [-0.2, 0) is 0 Å². The summed E-state index contributed by atoms with van der Waals surface area (Å²) in [7, 11) is 0. The largest absolute Gasteiger partial charge is 0.314 e. The van der Waals surface area contributed by atoms with Crippen LogP contribution in [0, 0.1) is 11.3 Å². The summed E-state index contributed by atoms with van der Waals surface area (Å²) < 4.78 is 1.90. The predicted octanol–water partition coefficient (Wildman–Crippen LogP) is 1.12. The first-order valence-electron chi connectivity index (χ1n) is 5.73. The van der Waals surface area contributed by atoms with E-state index in [1.165, 1.54) is 12.8 Å². The Kier molecular flexibility index (Phi) is 3.64. The van der Waals surface area contributed by atoms with Crippen LogP contribution in [0.15, 0.2) is 5.16 Å². The number of nitrogens with two attached hydrogens (primary N) is 1. The molecule has 0 aromatic carbocycles. The zero-order chi connectivity index (χ0) is 12.3. The molecule has 0 radical (unpaired) electrons. The summed E-state index contributed by atoms with van der Waals surface area (Å²) in [5.74, 6) is 0.890. The van der Waals surface area contributed by atoms with E-state index in [0.29, 0.717) is 12.5 Å². The number of hydrogen-bond donors (Lipinski definition) is 1. The second-order valence-electron chi connectivity index (χ2n) is 4.62. The fourth-order valence-corrected chi connectivity index (χ4v) is 2.37. The van der Waals surface area contributed by atoms with Crippen LogP contribution in [0.25, 0.3) is 0 Å². The van der Waals surface area contributed by atoms with Crippen molar-refractivity contribution in [1.29, 1.82) is 5.26 Å². The Hall–Kier alpha value is -1.13. The van der Waals surface area contributed by atoms with E-state index in [0.717, 1.165) is 17.3 Å². The molecule has 1 fully saturated rings. The second-order valence-corrected chi connectivity index (χ2v) is 5.68. The maximum atomic E-state index is 8.78. The van der Waals surface area contributed by atoms with Crippen molar-refractivity contribution in [3.63, 3.8) is 0 Å². The van der Waals surface area contributed by atoms with Crippen LogP contribution in [0.1, 0.15) is 38.6 Å². The van der Waals surface area contributed by atoms with Gasteiger partial charge in [0.25, 0.3) is 0 Å². The van der Waals surface area contributed by atoms with Gasteiger partial charge >= 0.3 is 0 Å². The van der Waals surface area contributed by atoms with E-state index in [4.69, 9.17) is 11.0 Å². The first-order chi connectivity index (χ1) is 8.12. The van der Waals surface area contributed by atoms with Gasteiger partial charge in [0.2, 0.25) is 5.16 Å². The van der Waals surface area contributed by atoms with Gasteiger partial charge in [0.15, 0.2) is 0 Å². The van der Waals surface area contributed by atoms with Crippen LogP contribution in [0.5, 0.6) is 0 Å². The van der Waals surface area contributed by atoms with E-state index in [1.54, 1.807) is 18.7 Å². The highest BCUT2D eigenvalue weighted by molar-refractivity contribution is 7.99. The molecule has 17 heavy (non-hydrogen) atoms. The molecular weight excluding hydrogens is 236 g/mol. The predicted molar refractivity (Wildman–Crippen MR) is 64.3 cm³/mol. The molecule has 1 heterocycles. The highest BCUT2D eigenvalue weighted by atomic mass is 32.2. The lowest BCUT2D eigenvalue weighted by Gasteiger charge is -2.13. The zero-order valence-electron chi connectivity index (χ0n) is 9.83. The fourth-order valence-electron chi connectivity index (χ4n) is 1.49. The normalized spacial score (nSPS) is 18.6. The summed E-state index contributed by atoms with van der Waals surface area (Å²) in [4.78, 5) is 0. The Morgan fingerprint density at radius 3 is 3.06 bits per heavy atom. The molecule has 1 saturated carbocycles. The van der Waals surface area contributed by atoms with E-state index in [9.17, 15) is 0 Å². The van der Waals surface area contributed by atoms with Crippen LogP contribution in [0.2, 0.25) is 0 Å². The van der Waals surface area contributed by atoms with Gasteiger partial charge in [-0.1, -0.05) is 11.8 Å². The molecule has 1 aliphatic carbocycles. The molecule has 1 unspecified atom stereocenters. The Bertz CT molecular complexity index is 417. The Morgan fingerprint density at radius 2 is 2.41 bits per heavy atom. The maximum absolute atomic E-state index is 8.78. The molecule has 0 aliphatic heterocycles. The van der Waals surface area contributed by atoms with Crippen molar-refractivity contribution in [3.8, 4) is 6.07 Å². The molecule has 0 bridgehead atoms. The quantitative estimate of drug-likeness (QED) is 0.602. The first-order valence-corrected chi connectivity index (χ1v) is 6.72. The number of thioether (sulfide) groups is 1. The fraction of sp³-hybridized carbons (Fsp3) is 0.800. The number of rotatable bonds is 6. The molecular formula is C10H16N6S. The Labute approximate surface area is 105 Å². The minimum Gasteiger partial charge on any atom is -0.314 e. The molecule has 0 saturated heterocycles. The number of tetrazole rings is 1. The van der Waals surface area contributed by atoms with Gasteiger partial charge in [-0.3, -0.25) is 0 Å². The Balaban J connectivity index is 1.75. The molecule has 2 rings (SSSR count). The average Bonchev–Trinajstić information content (AvgIpc) is 3.05. The van der Waals surface area contributed by atoms with Crippen LogP contribution in [0.3, 0.4) is 0 Å². The minimum atomic E-state index is -0.719.